The average Bonchev–Trinajstić information content (AvgIpc) is 2.79. The van der Waals surface area contributed by atoms with Gasteiger partial charge in [0.25, 0.3) is 0 Å². The van der Waals surface area contributed by atoms with Crippen molar-refractivity contribution in [1.29, 1.82) is 0 Å². The Labute approximate surface area is 154 Å². The lowest BCUT2D eigenvalue weighted by atomic mass is 9.79. The second-order valence-electron chi connectivity index (χ2n) is 6.96. The lowest BCUT2D eigenvalue weighted by molar-refractivity contribution is 0.0697. The molecule has 0 saturated carbocycles. The van der Waals surface area contributed by atoms with Gasteiger partial charge in [-0.2, -0.15) is 0 Å². The molecule has 0 bridgehead atoms. The van der Waals surface area contributed by atoms with Crippen LogP contribution in [0.1, 0.15) is 46.8 Å². The fraction of sp³-hybridized carbons (Fsp3) is 0.318. The van der Waals surface area contributed by atoms with Crippen LogP contribution in [0.5, 0.6) is 5.75 Å². The van der Waals surface area contributed by atoms with E-state index in [4.69, 9.17) is 14.6 Å². The zero-order valence-corrected chi connectivity index (χ0v) is 15.2. The molecule has 2 aromatic carbocycles. The molecule has 0 radical (unpaired) electrons. The Morgan fingerprint density at radius 2 is 1.88 bits per heavy atom. The predicted octanol–water partition coefficient (Wildman–Crippen LogP) is 4.63. The molecular weight excluding hydrogens is 328 g/mol. The first-order chi connectivity index (χ1) is 12.5. The summed E-state index contributed by atoms with van der Waals surface area (Å²) in [6, 6.07) is 13.1. The van der Waals surface area contributed by atoms with Crippen molar-refractivity contribution in [3.8, 4) is 5.75 Å². The second kappa shape index (κ2) is 7.75. The highest BCUT2D eigenvalue weighted by Gasteiger charge is 2.31. The van der Waals surface area contributed by atoms with E-state index in [0.29, 0.717) is 6.61 Å². The SMILES string of the molecule is COCC1(C)CCCOc2cc(/C=C/c3ccc(C(=O)O)cc3)ccc21. The number of methoxy groups -OCH3 is 1. The van der Waals surface area contributed by atoms with Crippen LogP contribution in [0.25, 0.3) is 12.2 Å². The quantitative estimate of drug-likeness (QED) is 0.797. The molecule has 0 amide bonds. The zero-order valence-electron chi connectivity index (χ0n) is 15.2. The van der Waals surface area contributed by atoms with E-state index in [0.717, 1.165) is 36.3 Å². The van der Waals surface area contributed by atoms with Crippen LogP contribution >= 0.6 is 0 Å². The van der Waals surface area contributed by atoms with Gasteiger partial charge in [-0.25, -0.2) is 4.79 Å². The summed E-state index contributed by atoms with van der Waals surface area (Å²) in [5.41, 5.74) is 3.45. The van der Waals surface area contributed by atoms with Gasteiger partial charge in [0.15, 0.2) is 0 Å². The van der Waals surface area contributed by atoms with Crippen molar-refractivity contribution in [3.63, 3.8) is 0 Å². The third-order valence-electron chi connectivity index (χ3n) is 4.88. The maximum Gasteiger partial charge on any atom is 0.335 e. The first-order valence-electron chi connectivity index (χ1n) is 8.79. The molecule has 3 rings (SSSR count). The van der Waals surface area contributed by atoms with Crippen molar-refractivity contribution in [1.82, 2.24) is 0 Å². The van der Waals surface area contributed by atoms with E-state index in [-0.39, 0.29) is 11.0 Å². The molecule has 0 spiro atoms. The highest BCUT2D eigenvalue weighted by Crippen LogP contribution is 2.39. The first-order valence-corrected chi connectivity index (χ1v) is 8.79. The van der Waals surface area contributed by atoms with Crippen LogP contribution in [0.4, 0.5) is 0 Å². The number of benzene rings is 2. The summed E-state index contributed by atoms with van der Waals surface area (Å²) in [7, 11) is 1.74. The van der Waals surface area contributed by atoms with Crippen LogP contribution in [0, 0.1) is 0 Å². The van der Waals surface area contributed by atoms with Gasteiger partial charge < -0.3 is 14.6 Å². The smallest absolute Gasteiger partial charge is 0.335 e. The number of carbonyl (C=O) groups is 1. The molecule has 0 aliphatic carbocycles. The number of hydrogen-bond donors (Lipinski definition) is 1. The summed E-state index contributed by atoms with van der Waals surface area (Å²) in [4.78, 5) is 10.9. The molecular formula is C22H24O4. The van der Waals surface area contributed by atoms with Crippen molar-refractivity contribution in [2.75, 3.05) is 20.3 Å². The van der Waals surface area contributed by atoms with Gasteiger partial charge in [-0.3, -0.25) is 0 Å². The van der Waals surface area contributed by atoms with E-state index < -0.39 is 5.97 Å². The predicted molar refractivity (Wildman–Crippen MR) is 103 cm³/mol. The molecule has 1 heterocycles. The molecule has 1 atom stereocenters. The van der Waals surface area contributed by atoms with Gasteiger partial charge in [0.05, 0.1) is 18.8 Å². The highest BCUT2D eigenvalue weighted by atomic mass is 16.5. The van der Waals surface area contributed by atoms with Gasteiger partial charge in [-0.05, 0) is 42.2 Å². The number of carboxylic acids is 1. The summed E-state index contributed by atoms with van der Waals surface area (Å²) >= 11 is 0. The fourth-order valence-electron chi connectivity index (χ4n) is 3.44. The molecule has 4 heteroatoms. The van der Waals surface area contributed by atoms with Crippen LogP contribution in [0.3, 0.4) is 0 Å². The minimum Gasteiger partial charge on any atom is -0.493 e. The average molecular weight is 352 g/mol. The number of rotatable bonds is 5. The zero-order chi connectivity index (χ0) is 18.6. The van der Waals surface area contributed by atoms with E-state index in [1.165, 1.54) is 5.56 Å². The van der Waals surface area contributed by atoms with Gasteiger partial charge in [0.1, 0.15) is 5.75 Å². The Balaban J connectivity index is 1.84. The molecule has 1 N–H and O–H groups in total. The Bertz CT molecular complexity index is 807. The fourth-order valence-corrected chi connectivity index (χ4v) is 3.44. The molecule has 136 valence electrons. The lowest BCUT2D eigenvalue weighted by Gasteiger charge is -2.28. The van der Waals surface area contributed by atoms with Gasteiger partial charge in [0.2, 0.25) is 0 Å². The van der Waals surface area contributed by atoms with Crippen LogP contribution in [-0.2, 0) is 10.2 Å². The van der Waals surface area contributed by atoms with Crippen LogP contribution in [0.2, 0.25) is 0 Å². The Kier molecular flexibility index (Phi) is 5.43. The van der Waals surface area contributed by atoms with Crippen molar-refractivity contribution < 1.29 is 19.4 Å². The van der Waals surface area contributed by atoms with Crippen molar-refractivity contribution >= 4 is 18.1 Å². The Hall–Kier alpha value is -2.59. The number of ether oxygens (including phenoxy) is 2. The minimum atomic E-state index is -0.914. The number of aromatic carboxylic acids is 1. The second-order valence-corrected chi connectivity index (χ2v) is 6.96. The van der Waals surface area contributed by atoms with Gasteiger partial charge in [-0.1, -0.05) is 43.3 Å². The van der Waals surface area contributed by atoms with Crippen molar-refractivity contribution in [2.45, 2.75) is 25.2 Å². The molecule has 1 aliphatic heterocycles. The third kappa shape index (κ3) is 3.97. The maximum absolute atomic E-state index is 10.9. The standard InChI is InChI=1S/C22H24O4/c1-22(15-25-2)12-3-13-26-20-14-17(8-11-19(20)22)5-4-16-6-9-18(10-7-16)21(23)24/h4-11,14H,3,12-13,15H2,1-2H3,(H,23,24)/b5-4+. The van der Waals surface area contributed by atoms with E-state index in [1.54, 1.807) is 31.4 Å². The van der Waals surface area contributed by atoms with E-state index in [2.05, 4.69) is 25.1 Å². The number of carboxylic acid groups (broad SMARTS) is 1. The lowest BCUT2D eigenvalue weighted by Crippen LogP contribution is -2.27. The number of hydrogen-bond acceptors (Lipinski definition) is 3. The summed E-state index contributed by atoms with van der Waals surface area (Å²) < 4.78 is 11.4. The highest BCUT2D eigenvalue weighted by molar-refractivity contribution is 5.88. The van der Waals surface area contributed by atoms with Gasteiger partial charge in [-0.15, -0.1) is 0 Å². The summed E-state index contributed by atoms with van der Waals surface area (Å²) in [5, 5.41) is 8.96. The monoisotopic (exact) mass is 352 g/mol. The van der Waals surface area contributed by atoms with Gasteiger partial charge >= 0.3 is 5.97 Å². The van der Waals surface area contributed by atoms with E-state index in [9.17, 15) is 4.79 Å². The van der Waals surface area contributed by atoms with Crippen LogP contribution in [0.15, 0.2) is 42.5 Å². The Morgan fingerprint density at radius 1 is 1.19 bits per heavy atom. The molecule has 4 nitrogen and oxygen atoms in total. The molecule has 0 saturated heterocycles. The maximum atomic E-state index is 10.9. The van der Waals surface area contributed by atoms with E-state index in [1.807, 2.05) is 12.2 Å². The molecule has 2 aromatic rings. The summed E-state index contributed by atoms with van der Waals surface area (Å²) in [6.45, 7) is 3.62. The third-order valence-corrected chi connectivity index (χ3v) is 4.88. The minimum absolute atomic E-state index is 0.0323. The normalized spacial score (nSPS) is 19.6. The molecule has 1 aliphatic rings. The molecule has 1 unspecified atom stereocenters. The van der Waals surface area contributed by atoms with Crippen molar-refractivity contribution in [3.05, 3.63) is 64.7 Å². The van der Waals surface area contributed by atoms with Crippen LogP contribution in [-0.4, -0.2) is 31.4 Å². The number of fused-ring (bicyclic) bond motifs is 1. The summed E-state index contributed by atoms with van der Waals surface area (Å²) in [6.07, 6.45) is 6.03. The van der Waals surface area contributed by atoms with E-state index >= 15 is 0 Å². The first kappa shape index (κ1) is 18.2. The summed E-state index contributed by atoms with van der Waals surface area (Å²) in [5.74, 6) is 0.00737. The topological polar surface area (TPSA) is 55.8 Å². The van der Waals surface area contributed by atoms with Crippen LogP contribution < -0.4 is 4.74 Å². The largest absolute Gasteiger partial charge is 0.493 e. The Morgan fingerprint density at radius 3 is 2.58 bits per heavy atom. The molecule has 26 heavy (non-hydrogen) atoms. The molecule has 0 aromatic heterocycles. The van der Waals surface area contributed by atoms with Crippen molar-refractivity contribution in [2.24, 2.45) is 0 Å². The molecule has 0 fully saturated rings. The van der Waals surface area contributed by atoms with Gasteiger partial charge in [0, 0.05) is 18.1 Å².